The average molecular weight is 353 g/mol. The monoisotopic (exact) mass is 353 g/mol. The highest BCUT2D eigenvalue weighted by atomic mass is 19.1. The fourth-order valence-corrected chi connectivity index (χ4v) is 3.77. The van der Waals surface area contributed by atoms with Crippen LogP contribution in [0.2, 0.25) is 0 Å². The number of nitrogens with one attached hydrogen (secondary N) is 1. The third-order valence-corrected chi connectivity index (χ3v) is 5.20. The fraction of sp³-hybridized carbons (Fsp3) is 0.300. The summed E-state index contributed by atoms with van der Waals surface area (Å²) < 4.78 is 13.7. The van der Waals surface area contributed by atoms with Gasteiger partial charge in [-0.2, -0.15) is 0 Å². The second-order valence-corrected chi connectivity index (χ2v) is 6.74. The Morgan fingerprint density at radius 1 is 1.27 bits per heavy atom. The number of hydrogen-bond donors (Lipinski definition) is 1. The van der Waals surface area contributed by atoms with E-state index in [4.69, 9.17) is 0 Å². The van der Waals surface area contributed by atoms with E-state index in [9.17, 15) is 14.0 Å². The van der Waals surface area contributed by atoms with Crippen LogP contribution in [0.15, 0.2) is 42.5 Å². The second-order valence-electron chi connectivity index (χ2n) is 6.74. The minimum absolute atomic E-state index is 0.0268. The first-order valence-electron chi connectivity index (χ1n) is 8.76. The molecule has 4 rings (SSSR count). The molecule has 1 N–H and O–H groups in total. The van der Waals surface area contributed by atoms with Crippen LogP contribution in [0.3, 0.4) is 0 Å². The van der Waals surface area contributed by atoms with Crippen LogP contribution in [-0.4, -0.2) is 36.5 Å². The van der Waals surface area contributed by atoms with Crippen molar-refractivity contribution < 1.29 is 14.0 Å². The molecule has 1 saturated heterocycles. The molecule has 0 unspecified atom stereocenters. The summed E-state index contributed by atoms with van der Waals surface area (Å²) in [7, 11) is 1.95. The molecule has 6 heteroatoms. The largest absolute Gasteiger partial charge is 0.354 e. The number of carbonyl (C=O) groups is 2. The van der Waals surface area contributed by atoms with Gasteiger partial charge in [-0.05, 0) is 37.1 Å². The average Bonchev–Trinajstić information content (AvgIpc) is 3.15. The van der Waals surface area contributed by atoms with Crippen LogP contribution in [0.1, 0.15) is 39.1 Å². The lowest BCUT2D eigenvalue weighted by atomic mass is 10.0. The summed E-state index contributed by atoms with van der Waals surface area (Å²) in [4.78, 5) is 29.1. The minimum Gasteiger partial charge on any atom is -0.354 e. The SMILES string of the molecule is CN1c2cc(C(=O)NCc3ccccc3F)ccc2C(=O)N2CCC[C@@H]21. The van der Waals surface area contributed by atoms with E-state index in [1.165, 1.54) is 6.07 Å². The van der Waals surface area contributed by atoms with Crippen LogP contribution >= 0.6 is 0 Å². The van der Waals surface area contributed by atoms with Gasteiger partial charge in [-0.25, -0.2) is 4.39 Å². The van der Waals surface area contributed by atoms with Crippen LogP contribution in [0.25, 0.3) is 0 Å². The summed E-state index contributed by atoms with van der Waals surface area (Å²) in [6.45, 7) is 0.895. The van der Waals surface area contributed by atoms with Gasteiger partial charge in [0, 0.05) is 31.3 Å². The number of halogens is 1. The minimum atomic E-state index is -0.343. The quantitative estimate of drug-likeness (QED) is 0.923. The number of carbonyl (C=O) groups excluding carboxylic acids is 2. The highest BCUT2D eigenvalue weighted by molar-refractivity contribution is 6.04. The highest BCUT2D eigenvalue weighted by Gasteiger charge is 2.38. The zero-order chi connectivity index (χ0) is 18.3. The third-order valence-electron chi connectivity index (χ3n) is 5.20. The number of anilines is 1. The summed E-state index contributed by atoms with van der Waals surface area (Å²) in [6, 6.07) is 11.5. The van der Waals surface area contributed by atoms with Gasteiger partial charge in [0.15, 0.2) is 0 Å². The fourth-order valence-electron chi connectivity index (χ4n) is 3.77. The molecule has 2 aliphatic rings. The van der Waals surface area contributed by atoms with E-state index in [1.807, 2.05) is 11.9 Å². The molecule has 134 valence electrons. The topological polar surface area (TPSA) is 52.7 Å². The molecule has 1 atom stereocenters. The standard InChI is InChI=1S/C20H20FN3O2/c1-23-17-11-13(19(25)22-12-14-5-2-3-6-16(14)21)8-9-15(17)20(26)24-10-4-7-18(23)24/h2-3,5-6,8-9,11,18H,4,7,10,12H2,1H3,(H,22,25)/t18-/m1/s1. The van der Waals surface area contributed by atoms with Crippen molar-refractivity contribution in [3.05, 3.63) is 65.0 Å². The number of amides is 2. The Bertz CT molecular complexity index is 883. The molecule has 0 aliphatic carbocycles. The van der Waals surface area contributed by atoms with E-state index >= 15 is 0 Å². The number of rotatable bonds is 3. The number of fused-ring (bicyclic) bond motifs is 2. The van der Waals surface area contributed by atoms with Crippen LogP contribution in [0.5, 0.6) is 0 Å². The van der Waals surface area contributed by atoms with Crippen molar-refractivity contribution in [2.75, 3.05) is 18.5 Å². The maximum atomic E-state index is 13.7. The van der Waals surface area contributed by atoms with Crippen molar-refractivity contribution in [2.45, 2.75) is 25.6 Å². The summed E-state index contributed by atoms with van der Waals surface area (Å²) in [6.07, 6.45) is 1.99. The van der Waals surface area contributed by atoms with Gasteiger partial charge in [0.1, 0.15) is 12.0 Å². The third kappa shape index (κ3) is 2.71. The van der Waals surface area contributed by atoms with Gasteiger partial charge in [0.25, 0.3) is 11.8 Å². The van der Waals surface area contributed by atoms with Gasteiger partial charge in [-0.15, -0.1) is 0 Å². The van der Waals surface area contributed by atoms with Gasteiger partial charge in [0.2, 0.25) is 0 Å². The van der Waals surface area contributed by atoms with Crippen LogP contribution in [0.4, 0.5) is 10.1 Å². The first-order valence-corrected chi connectivity index (χ1v) is 8.76. The van der Waals surface area contributed by atoms with Crippen molar-refractivity contribution in [3.8, 4) is 0 Å². The molecule has 0 aromatic heterocycles. The molecule has 2 heterocycles. The van der Waals surface area contributed by atoms with Crippen LogP contribution in [-0.2, 0) is 6.54 Å². The van der Waals surface area contributed by atoms with Gasteiger partial charge in [-0.1, -0.05) is 18.2 Å². The molecule has 1 fully saturated rings. The Hall–Kier alpha value is -2.89. The molecule has 0 spiro atoms. The highest BCUT2D eigenvalue weighted by Crippen LogP contribution is 2.35. The van der Waals surface area contributed by atoms with E-state index in [1.54, 1.807) is 36.4 Å². The first kappa shape index (κ1) is 16.6. The zero-order valence-electron chi connectivity index (χ0n) is 14.5. The lowest BCUT2D eigenvalue weighted by Gasteiger charge is -2.40. The van der Waals surface area contributed by atoms with Crippen LogP contribution in [0, 0.1) is 5.82 Å². The number of benzene rings is 2. The van der Waals surface area contributed by atoms with Crippen molar-refractivity contribution in [3.63, 3.8) is 0 Å². The van der Waals surface area contributed by atoms with Gasteiger partial charge >= 0.3 is 0 Å². The smallest absolute Gasteiger partial charge is 0.257 e. The second kappa shape index (κ2) is 6.44. The lowest BCUT2D eigenvalue weighted by molar-refractivity contribution is 0.0719. The maximum Gasteiger partial charge on any atom is 0.257 e. The summed E-state index contributed by atoms with van der Waals surface area (Å²) in [5.41, 5.74) is 2.30. The summed E-state index contributed by atoms with van der Waals surface area (Å²) in [5, 5.41) is 2.74. The Morgan fingerprint density at radius 3 is 2.88 bits per heavy atom. The lowest BCUT2D eigenvalue weighted by Crippen LogP contribution is -2.50. The molecule has 0 radical (unpaired) electrons. The molecule has 2 amide bonds. The van der Waals surface area contributed by atoms with Gasteiger partial charge in [0.05, 0.1) is 11.3 Å². The first-order chi connectivity index (χ1) is 12.6. The number of hydrogen-bond acceptors (Lipinski definition) is 3. The predicted octanol–water partition coefficient (Wildman–Crippen LogP) is 2.77. The van der Waals surface area contributed by atoms with E-state index < -0.39 is 0 Å². The molecular formula is C20H20FN3O2. The van der Waals surface area contributed by atoms with E-state index in [2.05, 4.69) is 10.2 Å². The molecular weight excluding hydrogens is 333 g/mol. The van der Waals surface area contributed by atoms with Crippen LogP contribution < -0.4 is 10.2 Å². The Morgan fingerprint density at radius 2 is 2.08 bits per heavy atom. The molecule has 2 aliphatic heterocycles. The molecule has 2 aromatic rings. The van der Waals surface area contributed by atoms with Crippen molar-refractivity contribution in [1.29, 1.82) is 0 Å². The van der Waals surface area contributed by atoms with Gasteiger partial charge in [-0.3, -0.25) is 9.59 Å². The predicted molar refractivity (Wildman–Crippen MR) is 96.5 cm³/mol. The Kier molecular flexibility index (Phi) is 4.11. The normalized spacial score (nSPS) is 18.5. The Labute approximate surface area is 151 Å². The molecule has 26 heavy (non-hydrogen) atoms. The van der Waals surface area contributed by atoms with E-state index in [0.29, 0.717) is 16.7 Å². The Balaban J connectivity index is 1.55. The molecule has 2 aromatic carbocycles. The zero-order valence-corrected chi connectivity index (χ0v) is 14.5. The van der Waals surface area contributed by atoms with Gasteiger partial charge < -0.3 is 15.1 Å². The molecule has 0 saturated carbocycles. The maximum absolute atomic E-state index is 13.7. The van der Waals surface area contributed by atoms with Crippen molar-refractivity contribution in [2.24, 2.45) is 0 Å². The van der Waals surface area contributed by atoms with E-state index in [0.717, 1.165) is 25.1 Å². The molecule has 0 bridgehead atoms. The van der Waals surface area contributed by atoms with E-state index in [-0.39, 0.29) is 30.3 Å². The summed E-state index contributed by atoms with van der Waals surface area (Å²) in [5.74, 6) is -0.602. The van der Waals surface area contributed by atoms with Crippen molar-refractivity contribution >= 4 is 17.5 Å². The van der Waals surface area contributed by atoms with Crippen molar-refractivity contribution in [1.82, 2.24) is 10.2 Å². The summed E-state index contributed by atoms with van der Waals surface area (Å²) >= 11 is 0. The number of nitrogens with zero attached hydrogens (tertiary/aromatic N) is 2. The molecule has 5 nitrogen and oxygen atoms in total.